The lowest BCUT2D eigenvalue weighted by atomic mass is 9.94. The van der Waals surface area contributed by atoms with Crippen LogP contribution in [-0.2, 0) is 9.47 Å². The highest BCUT2D eigenvalue weighted by molar-refractivity contribution is 5.21. The van der Waals surface area contributed by atoms with E-state index in [2.05, 4.69) is 20.4 Å². The Kier molecular flexibility index (Phi) is 10.7. The molecule has 0 heterocycles. The molecule has 122 valence electrons. The zero-order valence-electron chi connectivity index (χ0n) is 13.7. The summed E-state index contributed by atoms with van der Waals surface area (Å²) >= 11 is 0. The van der Waals surface area contributed by atoms with E-state index >= 15 is 0 Å². The smallest absolute Gasteiger partial charge is 0.122 e. The highest BCUT2D eigenvalue weighted by atomic mass is 16.5. The summed E-state index contributed by atoms with van der Waals surface area (Å²) in [6.45, 7) is 10.9. The van der Waals surface area contributed by atoms with Crippen LogP contribution in [0.3, 0.4) is 0 Å². The molecular formula is C17H31NO3. The van der Waals surface area contributed by atoms with Crippen molar-refractivity contribution in [2.75, 3.05) is 19.8 Å². The van der Waals surface area contributed by atoms with E-state index in [1.54, 1.807) is 12.2 Å². The molecule has 0 fully saturated rings. The molecule has 0 atom stereocenters. The van der Waals surface area contributed by atoms with E-state index in [-0.39, 0.29) is 6.61 Å². The number of allylic oxidation sites excluding steroid dienone is 3. The Labute approximate surface area is 129 Å². The lowest BCUT2D eigenvalue weighted by Gasteiger charge is -2.27. The predicted molar refractivity (Wildman–Crippen MR) is 87.8 cm³/mol. The van der Waals surface area contributed by atoms with E-state index in [1.165, 1.54) is 0 Å². The first-order valence-corrected chi connectivity index (χ1v) is 7.73. The molecule has 0 rings (SSSR count). The van der Waals surface area contributed by atoms with Crippen molar-refractivity contribution in [2.24, 2.45) is 5.73 Å². The monoisotopic (exact) mass is 297 g/mol. The van der Waals surface area contributed by atoms with Crippen molar-refractivity contribution in [3.8, 4) is 0 Å². The van der Waals surface area contributed by atoms with E-state index in [0.29, 0.717) is 24.7 Å². The van der Waals surface area contributed by atoms with Gasteiger partial charge in [-0.05, 0) is 31.9 Å². The van der Waals surface area contributed by atoms with E-state index in [4.69, 9.17) is 15.2 Å². The maximum atomic E-state index is 10.5. The van der Waals surface area contributed by atoms with Gasteiger partial charge in [-0.3, -0.25) is 0 Å². The summed E-state index contributed by atoms with van der Waals surface area (Å²) in [5.74, 6) is 1.27. The summed E-state index contributed by atoms with van der Waals surface area (Å²) in [5.41, 5.74) is 4.65. The highest BCUT2D eigenvalue weighted by Gasteiger charge is 2.25. The first kappa shape index (κ1) is 19.7. The SMILES string of the molecule is C=C/C(=C\C(=C/C)OCC(O)(CCC)CCC)OCCN. The van der Waals surface area contributed by atoms with Gasteiger partial charge >= 0.3 is 0 Å². The minimum atomic E-state index is -0.766. The van der Waals surface area contributed by atoms with Gasteiger partial charge in [-0.25, -0.2) is 0 Å². The second kappa shape index (κ2) is 11.4. The highest BCUT2D eigenvalue weighted by Crippen LogP contribution is 2.21. The van der Waals surface area contributed by atoms with Crippen LogP contribution in [-0.4, -0.2) is 30.5 Å². The molecule has 0 bridgehead atoms. The Hall–Kier alpha value is -1.26. The van der Waals surface area contributed by atoms with Crippen LogP contribution in [0.2, 0.25) is 0 Å². The molecule has 0 radical (unpaired) electrons. The van der Waals surface area contributed by atoms with Crippen molar-refractivity contribution in [2.45, 2.75) is 52.1 Å². The van der Waals surface area contributed by atoms with Crippen LogP contribution in [0.1, 0.15) is 46.5 Å². The fourth-order valence-electron chi connectivity index (χ4n) is 2.10. The third kappa shape index (κ3) is 8.58. The minimum absolute atomic E-state index is 0.284. The Morgan fingerprint density at radius 2 is 1.81 bits per heavy atom. The van der Waals surface area contributed by atoms with Crippen molar-refractivity contribution in [1.29, 1.82) is 0 Å². The Bertz CT molecular complexity index is 342. The van der Waals surface area contributed by atoms with Gasteiger partial charge in [0.05, 0.1) is 5.60 Å². The van der Waals surface area contributed by atoms with E-state index in [9.17, 15) is 5.11 Å². The zero-order valence-corrected chi connectivity index (χ0v) is 13.7. The molecule has 21 heavy (non-hydrogen) atoms. The Morgan fingerprint density at radius 1 is 1.19 bits per heavy atom. The Morgan fingerprint density at radius 3 is 2.24 bits per heavy atom. The van der Waals surface area contributed by atoms with Crippen LogP contribution in [0.25, 0.3) is 0 Å². The maximum absolute atomic E-state index is 10.5. The van der Waals surface area contributed by atoms with Gasteiger partial charge in [0.25, 0.3) is 0 Å². The number of rotatable bonds is 12. The van der Waals surface area contributed by atoms with Crippen LogP contribution < -0.4 is 5.73 Å². The normalized spacial score (nSPS) is 13.2. The van der Waals surface area contributed by atoms with Crippen molar-refractivity contribution in [1.82, 2.24) is 0 Å². The van der Waals surface area contributed by atoms with E-state index < -0.39 is 5.60 Å². The summed E-state index contributed by atoms with van der Waals surface area (Å²) < 4.78 is 11.2. The Balaban J connectivity index is 4.68. The van der Waals surface area contributed by atoms with Crippen LogP contribution in [0.5, 0.6) is 0 Å². The second-order valence-corrected chi connectivity index (χ2v) is 5.09. The van der Waals surface area contributed by atoms with Gasteiger partial charge in [0.15, 0.2) is 0 Å². The maximum Gasteiger partial charge on any atom is 0.122 e. The average Bonchev–Trinajstić information content (AvgIpc) is 2.47. The molecule has 3 N–H and O–H groups in total. The molecule has 0 saturated carbocycles. The number of aliphatic hydroxyl groups is 1. The molecule has 0 aromatic carbocycles. The average molecular weight is 297 g/mol. The summed E-state index contributed by atoms with van der Waals surface area (Å²) in [5, 5.41) is 10.5. The molecule has 0 aliphatic heterocycles. The van der Waals surface area contributed by atoms with Gasteiger partial charge in [0.2, 0.25) is 0 Å². The van der Waals surface area contributed by atoms with E-state index in [0.717, 1.165) is 25.7 Å². The molecule has 0 aromatic heterocycles. The van der Waals surface area contributed by atoms with Crippen molar-refractivity contribution in [3.63, 3.8) is 0 Å². The van der Waals surface area contributed by atoms with Crippen LogP contribution in [0.4, 0.5) is 0 Å². The minimum Gasteiger partial charge on any atom is -0.492 e. The fraction of sp³-hybridized carbons (Fsp3) is 0.647. The number of nitrogens with two attached hydrogens (primary N) is 1. The quantitative estimate of drug-likeness (QED) is 0.428. The summed E-state index contributed by atoms with van der Waals surface area (Å²) in [7, 11) is 0. The van der Waals surface area contributed by atoms with Gasteiger partial charge in [-0.15, -0.1) is 0 Å². The van der Waals surface area contributed by atoms with Gasteiger partial charge in [0.1, 0.15) is 24.7 Å². The lowest BCUT2D eigenvalue weighted by molar-refractivity contribution is -0.0381. The summed E-state index contributed by atoms with van der Waals surface area (Å²) in [6.07, 6.45) is 8.55. The predicted octanol–water partition coefficient (Wildman–Crippen LogP) is 3.28. The van der Waals surface area contributed by atoms with Crippen LogP contribution >= 0.6 is 0 Å². The fourth-order valence-corrected chi connectivity index (χ4v) is 2.10. The summed E-state index contributed by atoms with van der Waals surface area (Å²) in [4.78, 5) is 0. The molecular weight excluding hydrogens is 266 g/mol. The van der Waals surface area contributed by atoms with Crippen LogP contribution in [0.15, 0.2) is 36.3 Å². The first-order valence-electron chi connectivity index (χ1n) is 7.73. The molecule has 0 aromatic rings. The third-order valence-electron chi connectivity index (χ3n) is 3.10. The molecule has 0 aliphatic rings. The van der Waals surface area contributed by atoms with Gasteiger partial charge < -0.3 is 20.3 Å². The second-order valence-electron chi connectivity index (χ2n) is 5.09. The zero-order chi connectivity index (χ0) is 16.1. The molecule has 4 nitrogen and oxygen atoms in total. The first-order chi connectivity index (χ1) is 10.0. The van der Waals surface area contributed by atoms with Crippen molar-refractivity contribution >= 4 is 0 Å². The van der Waals surface area contributed by atoms with Gasteiger partial charge in [-0.2, -0.15) is 0 Å². The van der Waals surface area contributed by atoms with Crippen molar-refractivity contribution in [3.05, 3.63) is 36.3 Å². The number of hydrogen-bond acceptors (Lipinski definition) is 4. The standard InChI is InChI=1S/C17H31NO3/c1-5-9-17(19,10-6-2)14-21-16(8-4)13-15(7-3)20-12-11-18/h7-8,13,19H,3,5-6,9-12,14,18H2,1-2,4H3/b15-13+,16-8+. The molecule has 0 unspecified atom stereocenters. The summed E-state index contributed by atoms with van der Waals surface area (Å²) in [6, 6.07) is 0. The van der Waals surface area contributed by atoms with Crippen molar-refractivity contribution < 1.29 is 14.6 Å². The van der Waals surface area contributed by atoms with Gasteiger partial charge in [-0.1, -0.05) is 33.3 Å². The third-order valence-corrected chi connectivity index (χ3v) is 3.10. The van der Waals surface area contributed by atoms with Gasteiger partial charge in [0, 0.05) is 12.6 Å². The molecule has 0 spiro atoms. The molecule has 0 amide bonds. The largest absolute Gasteiger partial charge is 0.492 e. The topological polar surface area (TPSA) is 64.7 Å². The lowest BCUT2D eigenvalue weighted by Crippen LogP contribution is -2.34. The van der Waals surface area contributed by atoms with E-state index in [1.807, 2.05) is 13.0 Å². The molecule has 0 aliphatic carbocycles. The number of hydrogen-bond donors (Lipinski definition) is 2. The molecule has 4 heteroatoms. The van der Waals surface area contributed by atoms with Crippen LogP contribution in [0, 0.1) is 0 Å². The molecule has 0 saturated heterocycles. The number of ether oxygens (including phenoxy) is 2.